The lowest BCUT2D eigenvalue weighted by molar-refractivity contribution is -0.160. The smallest absolute Gasteiger partial charge is 0.332 e. The van der Waals surface area contributed by atoms with Gasteiger partial charge in [-0.3, -0.25) is 0 Å². The van der Waals surface area contributed by atoms with E-state index in [0.29, 0.717) is 37.1 Å². The molecule has 0 heterocycles. The summed E-state index contributed by atoms with van der Waals surface area (Å²) in [4.78, 5) is 12.0. The van der Waals surface area contributed by atoms with E-state index in [2.05, 4.69) is 25.1 Å². The van der Waals surface area contributed by atoms with E-state index in [9.17, 15) is 4.79 Å². The lowest BCUT2D eigenvalue weighted by Gasteiger charge is -2.53. The maximum absolute atomic E-state index is 12.0. The molecule has 5 unspecified atom stereocenters. The molecule has 0 amide bonds. The molecule has 2 saturated carbocycles. The van der Waals surface area contributed by atoms with Crippen LogP contribution in [0.25, 0.3) is 0 Å². The summed E-state index contributed by atoms with van der Waals surface area (Å²) in [5.74, 6) is 3.09. The Hall–Kier alpha value is -1.67. The number of rotatable bonds is 13. The zero-order chi connectivity index (χ0) is 28.0. The number of esters is 1. The minimum Gasteiger partial charge on any atom is -0.468 e. The molecule has 39 heavy (non-hydrogen) atoms. The van der Waals surface area contributed by atoms with Crippen molar-refractivity contribution in [2.45, 2.75) is 96.7 Å². The maximum atomic E-state index is 12.0. The van der Waals surface area contributed by atoms with Crippen molar-refractivity contribution in [3.8, 4) is 5.75 Å². The quantitative estimate of drug-likeness (QED) is 0.164. The van der Waals surface area contributed by atoms with Crippen molar-refractivity contribution in [3.63, 3.8) is 0 Å². The van der Waals surface area contributed by atoms with Gasteiger partial charge in [0.15, 0.2) is 6.79 Å². The fourth-order valence-electron chi connectivity index (χ4n) is 7.78. The molecule has 7 nitrogen and oxygen atoms in total. The zero-order valence-corrected chi connectivity index (χ0v) is 25.0. The molecule has 2 fully saturated rings. The van der Waals surface area contributed by atoms with Crippen molar-refractivity contribution < 1.29 is 33.2 Å². The van der Waals surface area contributed by atoms with Crippen molar-refractivity contribution in [2.75, 3.05) is 41.0 Å². The first kappa shape index (κ1) is 30.3. The summed E-state index contributed by atoms with van der Waals surface area (Å²) in [6.45, 7) is 9.34. The molecule has 0 saturated heterocycles. The van der Waals surface area contributed by atoms with Crippen molar-refractivity contribution in [3.05, 3.63) is 29.3 Å². The first-order valence-corrected chi connectivity index (χ1v) is 14.8. The van der Waals surface area contributed by atoms with Crippen LogP contribution in [-0.2, 0) is 34.9 Å². The maximum Gasteiger partial charge on any atom is 0.332 e. The Morgan fingerprint density at radius 2 is 1.85 bits per heavy atom. The minimum atomic E-state index is -0.481. The number of carbonyl (C=O) groups excluding carboxylic acids is 1. The third-order valence-corrected chi connectivity index (χ3v) is 9.27. The molecule has 6 atom stereocenters. The Balaban J connectivity index is 1.43. The van der Waals surface area contributed by atoms with Gasteiger partial charge in [-0.15, -0.1) is 0 Å². The molecule has 4 rings (SSSR count). The number of hydrogen-bond donors (Lipinski definition) is 0. The summed E-state index contributed by atoms with van der Waals surface area (Å²) in [7, 11) is 3.36. The number of unbranched alkanes of at least 4 members (excludes halogenated alkanes) is 1. The second-order valence-corrected chi connectivity index (χ2v) is 13.0. The molecule has 0 radical (unpaired) electrons. The van der Waals surface area contributed by atoms with Crippen LogP contribution in [-0.4, -0.2) is 58.7 Å². The molecule has 0 aromatic heterocycles. The first-order valence-electron chi connectivity index (χ1n) is 14.8. The van der Waals surface area contributed by atoms with Gasteiger partial charge < -0.3 is 28.4 Å². The van der Waals surface area contributed by atoms with Crippen LogP contribution in [0.5, 0.6) is 5.75 Å². The topological polar surface area (TPSA) is 72.5 Å². The molecule has 1 aromatic rings. The molecule has 220 valence electrons. The predicted octanol–water partition coefficient (Wildman–Crippen LogP) is 6.27. The van der Waals surface area contributed by atoms with Crippen molar-refractivity contribution in [1.29, 1.82) is 0 Å². The van der Waals surface area contributed by atoms with Crippen LogP contribution >= 0.6 is 0 Å². The third-order valence-electron chi connectivity index (χ3n) is 9.27. The number of ether oxygens (including phenoxy) is 6. The van der Waals surface area contributed by atoms with Gasteiger partial charge >= 0.3 is 5.97 Å². The Bertz CT molecular complexity index is 941. The summed E-state index contributed by atoms with van der Waals surface area (Å²) in [5.41, 5.74) is 2.67. The lowest BCUT2D eigenvalue weighted by atomic mass is 9.52. The van der Waals surface area contributed by atoms with Crippen LogP contribution in [0.1, 0.15) is 89.7 Å². The highest BCUT2D eigenvalue weighted by molar-refractivity contribution is 5.71. The van der Waals surface area contributed by atoms with E-state index in [0.717, 1.165) is 37.9 Å². The van der Waals surface area contributed by atoms with E-state index in [4.69, 9.17) is 28.4 Å². The molecule has 0 bridgehead atoms. The number of methoxy groups -OCH3 is 2. The SMILES string of the molecule is COCOc1ccc2c(c1)C[C@@H](CCCCOCC(=O)OC(C)(C)C)C1C2CCC2(C)C(OCOC)CCC12. The third kappa shape index (κ3) is 7.35. The van der Waals surface area contributed by atoms with Crippen molar-refractivity contribution >= 4 is 5.97 Å². The zero-order valence-electron chi connectivity index (χ0n) is 25.0. The highest BCUT2D eigenvalue weighted by Crippen LogP contribution is 2.63. The summed E-state index contributed by atoms with van der Waals surface area (Å²) < 4.78 is 33.4. The molecule has 1 aromatic carbocycles. The Morgan fingerprint density at radius 3 is 2.59 bits per heavy atom. The average molecular weight is 547 g/mol. The lowest BCUT2D eigenvalue weighted by Crippen LogP contribution is -2.47. The van der Waals surface area contributed by atoms with E-state index in [1.54, 1.807) is 14.2 Å². The summed E-state index contributed by atoms with van der Waals surface area (Å²) >= 11 is 0. The molecular weight excluding hydrogens is 496 g/mol. The fraction of sp³-hybridized carbons (Fsp3) is 0.781. The van der Waals surface area contributed by atoms with Gasteiger partial charge in [0.25, 0.3) is 0 Å². The van der Waals surface area contributed by atoms with Gasteiger partial charge in [0.05, 0.1) is 6.10 Å². The molecule has 7 heteroatoms. The van der Waals surface area contributed by atoms with Crippen LogP contribution in [0.15, 0.2) is 18.2 Å². The van der Waals surface area contributed by atoms with Gasteiger partial charge in [0.2, 0.25) is 0 Å². The molecule has 0 N–H and O–H groups in total. The number of carbonyl (C=O) groups is 1. The molecule has 3 aliphatic rings. The van der Waals surface area contributed by atoms with E-state index in [1.807, 2.05) is 20.8 Å². The molecule has 3 aliphatic carbocycles. The van der Waals surface area contributed by atoms with Crippen LogP contribution in [0.3, 0.4) is 0 Å². The van der Waals surface area contributed by atoms with E-state index >= 15 is 0 Å². The van der Waals surface area contributed by atoms with Gasteiger partial charge in [0, 0.05) is 20.8 Å². The monoisotopic (exact) mass is 546 g/mol. The van der Waals surface area contributed by atoms with Crippen LogP contribution in [0, 0.1) is 23.2 Å². The van der Waals surface area contributed by atoms with Crippen LogP contribution < -0.4 is 4.74 Å². The van der Waals surface area contributed by atoms with Crippen LogP contribution in [0.4, 0.5) is 0 Å². The van der Waals surface area contributed by atoms with Crippen LogP contribution in [0.2, 0.25) is 0 Å². The fourth-order valence-corrected chi connectivity index (χ4v) is 7.78. The molecular formula is C32H50O7. The number of fused-ring (bicyclic) bond motifs is 5. The standard InChI is InChI=1S/C32H50O7/c1-31(2,3)39-29(33)19-36-16-8-7-9-22-17-23-18-24(37-20-34-5)10-11-25(23)26-14-15-32(4)27(30(22)26)12-13-28(32)38-21-35-6/h10-11,18,22,26-28,30H,7-9,12-17,19-21H2,1-6H3/t22-,26?,27?,28?,30?,32?/m1/s1. The van der Waals surface area contributed by atoms with Gasteiger partial charge in [0.1, 0.15) is 24.8 Å². The van der Waals surface area contributed by atoms with E-state index in [1.165, 1.54) is 30.4 Å². The normalized spacial score (nSPS) is 29.8. The number of hydrogen-bond acceptors (Lipinski definition) is 7. The second kappa shape index (κ2) is 13.3. The van der Waals surface area contributed by atoms with Crippen molar-refractivity contribution in [2.24, 2.45) is 23.2 Å². The highest BCUT2D eigenvalue weighted by Gasteiger charge is 2.57. The van der Waals surface area contributed by atoms with Gasteiger partial charge in [-0.25, -0.2) is 4.79 Å². The largest absolute Gasteiger partial charge is 0.468 e. The van der Waals surface area contributed by atoms with E-state index in [-0.39, 0.29) is 30.9 Å². The van der Waals surface area contributed by atoms with Gasteiger partial charge in [-0.2, -0.15) is 0 Å². The summed E-state index contributed by atoms with van der Waals surface area (Å²) in [6.07, 6.45) is 9.29. The predicted molar refractivity (Wildman–Crippen MR) is 150 cm³/mol. The van der Waals surface area contributed by atoms with E-state index < -0.39 is 5.60 Å². The first-order chi connectivity index (χ1) is 18.7. The van der Waals surface area contributed by atoms with Crippen molar-refractivity contribution in [1.82, 2.24) is 0 Å². The van der Waals surface area contributed by atoms with Gasteiger partial charge in [-0.1, -0.05) is 19.4 Å². The Morgan fingerprint density at radius 1 is 1.05 bits per heavy atom. The summed E-state index contributed by atoms with van der Waals surface area (Å²) in [6, 6.07) is 6.67. The van der Waals surface area contributed by atoms with Gasteiger partial charge in [-0.05, 0) is 118 Å². The highest BCUT2D eigenvalue weighted by atomic mass is 16.7. The summed E-state index contributed by atoms with van der Waals surface area (Å²) in [5, 5.41) is 0. The average Bonchev–Trinajstić information content (AvgIpc) is 3.22. The molecule has 0 aliphatic heterocycles. The molecule has 0 spiro atoms. The minimum absolute atomic E-state index is 0.0202. The Labute approximate surface area is 235 Å². The Kier molecular flexibility index (Phi) is 10.4. The number of benzene rings is 1. The second-order valence-electron chi connectivity index (χ2n) is 13.0.